The first kappa shape index (κ1) is 22.5. The summed E-state index contributed by atoms with van der Waals surface area (Å²) in [4.78, 5) is 30.1. The van der Waals surface area contributed by atoms with E-state index < -0.39 is 5.41 Å². The van der Waals surface area contributed by atoms with Gasteiger partial charge in [-0.15, -0.1) is 0 Å². The van der Waals surface area contributed by atoms with Gasteiger partial charge in [0.15, 0.2) is 0 Å². The molecule has 2 aromatic carbocycles. The average Bonchev–Trinajstić information content (AvgIpc) is 3.29. The number of hydrogen-bond acceptors (Lipinski definition) is 4. The van der Waals surface area contributed by atoms with Crippen LogP contribution in [0.4, 0.5) is 0 Å². The van der Waals surface area contributed by atoms with Gasteiger partial charge >= 0.3 is 0 Å². The number of carbonyl (C=O) groups excluding carboxylic acids is 2. The fourth-order valence-corrected chi connectivity index (χ4v) is 4.77. The molecule has 0 N–H and O–H groups in total. The maximum atomic E-state index is 13.7. The number of morpholine rings is 1. The Labute approximate surface area is 190 Å². The number of ether oxygens (including phenoxy) is 2. The molecule has 0 saturated carbocycles. The van der Waals surface area contributed by atoms with Gasteiger partial charge in [0.1, 0.15) is 0 Å². The van der Waals surface area contributed by atoms with Gasteiger partial charge in [-0.2, -0.15) is 0 Å². The summed E-state index contributed by atoms with van der Waals surface area (Å²) in [6.07, 6.45) is 1.67. The van der Waals surface area contributed by atoms with Crippen molar-refractivity contribution in [1.29, 1.82) is 0 Å². The van der Waals surface area contributed by atoms with Gasteiger partial charge in [-0.05, 0) is 29.5 Å². The van der Waals surface area contributed by atoms with Crippen LogP contribution in [0.2, 0.25) is 0 Å². The standard InChI is InChI=1S/C26H32N2O4/c1-31-16-11-24(29)28-13-12-26(20-28,25(30)27-14-17-32-18-15-27)19-21-7-9-23(10-8-21)22-5-3-2-4-6-22/h2-10H,11-20H2,1H3. The van der Waals surface area contributed by atoms with E-state index in [1.807, 2.05) is 28.0 Å². The van der Waals surface area contributed by atoms with E-state index in [-0.39, 0.29) is 11.8 Å². The van der Waals surface area contributed by atoms with Crippen molar-refractivity contribution in [2.75, 3.05) is 53.1 Å². The van der Waals surface area contributed by atoms with E-state index in [1.54, 1.807) is 7.11 Å². The third-order valence-electron chi connectivity index (χ3n) is 6.58. The highest BCUT2D eigenvalue weighted by molar-refractivity contribution is 5.86. The summed E-state index contributed by atoms with van der Waals surface area (Å²) in [5.74, 6) is 0.206. The molecule has 0 radical (unpaired) electrons. The first-order chi connectivity index (χ1) is 15.6. The van der Waals surface area contributed by atoms with E-state index in [0.717, 1.165) is 11.1 Å². The van der Waals surface area contributed by atoms with Crippen LogP contribution in [0.3, 0.4) is 0 Å². The highest BCUT2D eigenvalue weighted by Gasteiger charge is 2.47. The zero-order valence-electron chi connectivity index (χ0n) is 18.8. The lowest BCUT2D eigenvalue weighted by Gasteiger charge is -2.36. The van der Waals surface area contributed by atoms with Crippen LogP contribution in [-0.4, -0.2) is 74.7 Å². The molecule has 2 aliphatic heterocycles. The molecule has 2 aliphatic rings. The quantitative estimate of drug-likeness (QED) is 0.670. The predicted octanol–water partition coefficient (Wildman–Crippen LogP) is 3.01. The molecule has 4 rings (SSSR count). The van der Waals surface area contributed by atoms with E-state index >= 15 is 0 Å². The molecule has 6 heteroatoms. The minimum absolute atomic E-state index is 0.0583. The summed E-state index contributed by atoms with van der Waals surface area (Å²) in [7, 11) is 1.60. The number of amides is 2. The lowest BCUT2D eigenvalue weighted by atomic mass is 9.79. The van der Waals surface area contributed by atoms with Gasteiger partial charge in [0.25, 0.3) is 0 Å². The third-order valence-corrected chi connectivity index (χ3v) is 6.58. The summed E-state index contributed by atoms with van der Waals surface area (Å²) >= 11 is 0. The molecule has 32 heavy (non-hydrogen) atoms. The fourth-order valence-electron chi connectivity index (χ4n) is 4.77. The maximum absolute atomic E-state index is 13.7. The number of nitrogens with zero attached hydrogens (tertiary/aromatic N) is 2. The number of methoxy groups -OCH3 is 1. The van der Waals surface area contributed by atoms with Crippen molar-refractivity contribution in [3.63, 3.8) is 0 Å². The lowest BCUT2D eigenvalue weighted by Crippen LogP contribution is -2.51. The zero-order valence-corrected chi connectivity index (χ0v) is 18.8. The summed E-state index contributed by atoms with van der Waals surface area (Å²) in [5, 5.41) is 0. The van der Waals surface area contributed by atoms with Crippen LogP contribution in [0.15, 0.2) is 54.6 Å². The Bertz CT molecular complexity index is 909. The molecule has 1 atom stereocenters. The number of likely N-dealkylation sites (tertiary alicyclic amines) is 1. The van der Waals surface area contributed by atoms with Crippen LogP contribution < -0.4 is 0 Å². The Kier molecular flexibility index (Phi) is 7.22. The van der Waals surface area contributed by atoms with Crippen molar-refractivity contribution in [1.82, 2.24) is 9.80 Å². The van der Waals surface area contributed by atoms with Gasteiger partial charge in [-0.25, -0.2) is 0 Å². The fraction of sp³-hybridized carbons (Fsp3) is 0.462. The minimum Gasteiger partial charge on any atom is -0.384 e. The van der Waals surface area contributed by atoms with Crippen LogP contribution in [0, 0.1) is 5.41 Å². The van der Waals surface area contributed by atoms with Gasteiger partial charge < -0.3 is 19.3 Å². The van der Waals surface area contributed by atoms with Gasteiger partial charge in [0.05, 0.1) is 31.7 Å². The maximum Gasteiger partial charge on any atom is 0.231 e. The molecule has 1 unspecified atom stereocenters. The topological polar surface area (TPSA) is 59.1 Å². The molecule has 2 fully saturated rings. The second kappa shape index (κ2) is 10.3. The monoisotopic (exact) mass is 436 g/mol. The highest BCUT2D eigenvalue weighted by Crippen LogP contribution is 2.37. The molecular weight excluding hydrogens is 404 g/mol. The first-order valence-corrected chi connectivity index (χ1v) is 11.4. The number of benzene rings is 2. The minimum atomic E-state index is -0.589. The summed E-state index contributed by atoms with van der Waals surface area (Å²) in [6.45, 7) is 3.86. The Morgan fingerprint density at radius 2 is 1.62 bits per heavy atom. The summed E-state index contributed by atoms with van der Waals surface area (Å²) in [5.41, 5.74) is 2.87. The van der Waals surface area contributed by atoms with E-state index in [0.29, 0.717) is 65.3 Å². The Morgan fingerprint density at radius 1 is 0.938 bits per heavy atom. The molecule has 2 saturated heterocycles. The van der Waals surface area contributed by atoms with Crippen molar-refractivity contribution >= 4 is 11.8 Å². The molecule has 0 aromatic heterocycles. The largest absolute Gasteiger partial charge is 0.384 e. The molecule has 2 heterocycles. The molecule has 0 spiro atoms. The van der Waals surface area contributed by atoms with Gasteiger partial charge in [-0.3, -0.25) is 9.59 Å². The van der Waals surface area contributed by atoms with Crippen LogP contribution >= 0.6 is 0 Å². The van der Waals surface area contributed by atoms with Gasteiger partial charge in [0, 0.05) is 33.3 Å². The molecule has 0 bridgehead atoms. The van der Waals surface area contributed by atoms with Gasteiger partial charge in [0.2, 0.25) is 11.8 Å². The SMILES string of the molecule is COCCC(=O)N1CCC(Cc2ccc(-c3ccccc3)cc2)(C(=O)N2CCOCC2)C1. The summed E-state index contributed by atoms with van der Waals surface area (Å²) < 4.78 is 10.5. The lowest BCUT2D eigenvalue weighted by molar-refractivity contribution is -0.146. The molecule has 2 aromatic rings. The second-order valence-corrected chi connectivity index (χ2v) is 8.73. The van der Waals surface area contributed by atoms with Crippen molar-refractivity contribution in [2.24, 2.45) is 5.41 Å². The third kappa shape index (κ3) is 5.03. The smallest absolute Gasteiger partial charge is 0.231 e. The average molecular weight is 437 g/mol. The van der Waals surface area contributed by atoms with E-state index in [2.05, 4.69) is 36.4 Å². The van der Waals surface area contributed by atoms with E-state index in [4.69, 9.17) is 9.47 Å². The number of carbonyl (C=O) groups is 2. The van der Waals surface area contributed by atoms with Crippen LogP contribution in [0.5, 0.6) is 0 Å². The molecule has 2 amide bonds. The highest BCUT2D eigenvalue weighted by atomic mass is 16.5. The number of rotatable bonds is 7. The second-order valence-electron chi connectivity index (χ2n) is 8.73. The van der Waals surface area contributed by atoms with E-state index in [1.165, 1.54) is 5.56 Å². The molecule has 6 nitrogen and oxygen atoms in total. The zero-order chi connectivity index (χ0) is 22.4. The number of hydrogen-bond donors (Lipinski definition) is 0. The van der Waals surface area contributed by atoms with Crippen molar-refractivity contribution in [2.45, 2.75) is 19.3 Å². The normalized spacial score (nSPS) is 21.0. The molecular formula is C26H32N2O4. The predicted molar refractivity (Wildman–Crippen MR) is 123 cm³/mol. The van der Waals surface area contributed by atoms with Crippen molar-refractivity contribution in [3.8, 4) is 11.1 Å². The molecule has 0 aliphatic carbocycles. The summed E-state index contributed by atoms with van der Waals surface area (Å²) in [6, 6.07) is 18.7. The van der Waals surface area contributed by atoms with Crippen molar-refractivity contribution in [3.05, 3.63) is 60.2 Å². The van der Waals surface area contributed by atoms with Crippen molar-refractivity contribution < 1.29 is 19.1 Å². The Balaban J connectivity index is 1.54. The Hall–Kier alpha value is -2.70. The van der Waals surface area contributed by atoms with Gasteiger partial charge in [-0.1, -0.05) is 54.6 Å². The first-order valence-electron chi connectivity index (χ1n) is 11.4. The van der Waals surface area contributed by atoms with Crippen LogP contribution in [-0.2, 0) is 25.5 Å². The van der Waals surface area contributed by atoms with Crippen LogP contribution in [0.1, 0.15) is 18.4 Å². The van der Waals surface area contributed by atoms with E-state index in [9.17, 15) is 9.59 Å². The molecule has 170 valence electrons. The van der Waals surface area contributed by atoms with Crippen LogP contribution in [0.25, 0.3) is 11.1 Å². The Morgan fingerprint density at radius 3 is 2.31 bits per heavy atom.